The Hall–Kier alpha value is -1.46. The number of hydrogen-bond donors (Lipinski definition) is 1. The predicted octanol–water partition coefficient (Wildman–Crippen LogP) is 0.636. The highest BCUT2D eigenvalue weighted by atomic mass is 16.2. The number of carbonyl (C=O) groups is 1. The fourth-order valence-corrected chi connectivity index (χ4v) is 2.47. The fraction of sp³-hybridized carbons (Fsp3) is 0.571. The van der Waals surface area contributed by atoms with E-state index in [4.69, 9.17) is 5.73 Å². The highest BCUT2D eigenvalue weighted by Gasteiger charge is 2.24. The van der Waals surface area contributed by atoms with Crippen LogP contribution in [-0.4, -0.2) is 53.4 Å². The zero-order chi connectivity index (χ0) is 13.7. The van der Waals surface area contributed by atoms with Gasteiger partial charge in [0.15, 0.2) is 0 Å². The quantitative estimate of drug-likeness (QED) is 0.865. The third-order valence-corrected chi connectivity index (χ3v) is 3.74. The maximum atomic E-state index is 11.8. The van der Waals surface area contributed by atoms with Gasteiger partial charge in [-0.2, -0.15) is 0 Å². The number of rotatable bonds is 4. The number of pyridine rings is 1. The Bertz CT molecular complexity index is 401. The highest BCUT2D eigenvalue weighted by Crippen LogP contribution is 2.20. The van der Waals surface area contributed by atoms with E-state index in [2.05, 4.69) is 22.9 Å². The Morgan fingerprint density at radius 3 is 2.74 bits per heavy atom. The molecule has 2 heterocycles. The van der Waals surface area contributed by atoms with Gasteiger partial charge in [-0.3, -0.25) is 14.7 Å². The Morgan fingerprint density at radius 1 is 1.42 bits per heavy atom. The van der Waals surface area contributed by atoms with Gasteiger partial charge in [-0.25, -0.2) is 0 Å². The summed E-state index contributed by atoms with van der Waals surface area (Å²) in [5.41, 5.74) is 6.65. The molecule has 0 aliphatic carbocycles. The van der Waals surface area contributed by atoms with E-state index in [1.54, 1.807) is 6.20 Å². The number of hydrogen-bond acceptors (Lipinski definition) is 4. The summed E-state index contributed by atoms with van der Waals surface area (Å²) in [5, 5.41) is 0. The van der Waals surface area contributed by atoms with E-state index in [1.165, 1.54) is 5.56 Å². The van der Waals surface area contributed by atoms with Crippen molar-refractivity contribution in [2.24, 2.45) is 5.73 Å². The maximum absolute atomic E-state index is 11.8. The van der Waals surface area contributed by atoms with Gasteiger partial charge in [0.2, 0.25) is 5.91 Å². The van der Waals surface area contributed by atoms with Crippen LogP contribution >= 0.6 is 0 Å². The molecule has 1 fully saturated rings. The maximum Gasteiger partial charge on any atom is 0.223 e. The molecule has 2 N–H and O–H groups in total. The standard InChI is InChI=1S/C14H22N4O/c1-12(13-3-2-6-16-11-13)17-7-9-18(10-8-17)14(19)4-5-15/h2-3,6,11-12H,4-5,7-10,15H2,1H3. The van der Waals surface area contributed by atoms with Gasteiger partial charge >= 0.3 is 0 Å². The van der Waals surface area contributed by atoms with Gasteiger partial charge in [-0.05, 0) is 18.6 Å². The minimum atomic E-state index is 0.177. The van der Waals surface area contributed by atoms with Crippen molar-refractivity contribution in [3.63, 3.8) is 0 Å². The van der Waals surface area contributed by atoms with Gasteiger partial charge in [0, 0.05) is 57.6 Å². The molecule has 1 unspecified atom stereocenters. The van der Waals surface area contributed by atoms with E-state index < -0.39 is 0 Å². The van der Waals surface area contributed by atoms with Crippen LogP contribution in [0.5, 0.6) is 0 Å². The van der Waals surface area contributed by atoms with E-state index in [-0.39, 0.29) is 5.91 Å². The lowest BCUT2D eigenvalue weighted by molar-refractivity contribution is -0.133. The first-order valence-corrected chi connectivity index (χ1v) is 6.84. The molecule has 1 aliphatic rings. The molecule has 5 heteroatoms. The van der Waals surface area contributed by atoms with E-state index >= 15 is 0 Å². The molecule has 1 aromatic heterocycles. The molecule has 2 rings (SSSR count). The smallest absolute Gasteiger partial charge is 0.223 e. The molecular formula is C14H22N4O. The van der Waals surface area contributed by atoms with Gasteiger partial charge in [0.05, 0.1) is 0 Å². The zero-order valence-corrected chi connectivity index (χ0v) is 11.5. The molecule has 0 saturated carbocycles. The molecule has 104 valence electrons. The van der Waals surface area contributed by atoms with Crippen LogP contribution < -0.4 is 5.73 Å². The number of piperazine rings is 1. The van der Waals surface area contributed by atoms with Crippen LogP contribution in [0.15, 0.2) is 24.5 Å². The average Bonchev–Trinajstić information content (AvgIpc) is 2.48. The van der Waals surface area contributed by atoms with Crippen LogP contribution in [0.25, 0.3) is 0 Å². The van der Waals surface area contributed by atoms with Crippen molar-refractivity contribution in [1.82, 2.24) is 14.8 Å². The molecule has 1 aliphatic heterocycles. The molecule has 0 spiro atoms. The summed E-state index contributed by atoms with van der Waals surface area (Å²) in [5.74, 6) is 0.177. The largest absolute Gasteiger partial charge is 0.340 e. The lowest BCUT2D eigenvalue weighted by Crippen LogP contribution is -2.49. The van der Waals surface area contributed by atoms with Crippen LogP contribution in [-0.2, 0) is 4.79 Å². The van der Waals surface area contributed by atoms with Crippen LogP contribution in [0, 0.1) is 0 Å². The summed E-state index contributed by atoms with van der Waals surface area (Å²) in [6.07, 6.45) is 4.16. The average molecular weight is 262 g/mol. The monoisotopic (exact) mass is 262 g/mol. The van der Waals surface area contributed by atoms with Crippen molar-refractivity contribution in [3.8, 4) is 0 Å². The minimum absolute atomic E-state index is 0.177. The predicted molar refractivity (Wildman–Crippen MR) is 74.5 cm³/mol. The fourth-order valence-electron chi connectivity index (χ4n) is 2.47. The van der Waals surface area contributed by atoms with Gasteiger partial charge in [0.1, 0.15) is 0 Å². The van der Waals surface area contributed by atoms with Gasteiger partial charge in [0.25, 0.3) is 0 Å². The van der Waals surface area contributed by atoms with Gasteiger partial charge < -0.3 is 10.6 Å². The second-order valence-electron chi connectivity index (χ2n) is 4.92. The molecule has 19 heavy (non-hydrogen) atoms. The minimum Gasteiger partial charge on any atom is -0.340 e. The molecule has 5 nitrogen and oxygen atoms in total. The first-order valence-electron chi connectivity index (χ1n) is 6.84. The topological polar surface area (TPSA) is 62.5 Å². The Balaban J connectivity index is 1.88. The molecule has 0 aromatic carbocycles. The lowest BCUT2D eigenvalue weighted by Gasteiger charge is -2.38. The van der Waals surface area contributed by atoms with Crippen molar-refractivity contribution in [3.05, 3.63) is 30.1 Å². The third-order valence-electron chi connectivity index (χ3n) is 3.74. The number of amides is 1. The normalized spacial score (nSPS) is 18.3. The number of aromatic nitrogens is 1. The second kappa shape index (κ2) is 6.63. The Labute approximate surface area is 114 Å². The number of carbonyl (C=O) groups excluding carboxylic acids is 1. The summed E-state index contributed by atoms with van der Waals surface area (Å²) in [6.45, 7) is 6.03. The first-order chi connectivity index (χ1) is 9.22. The summed E-state index contributed by atoms with van der Waals surface area (Å²) in [7, 11) is 0. The molecule has 1 aromatic rings. The molecule has 1 atom stereocenters. The summed E-state index contributed by atoms with van der Waals surface area (Å²) >= 11 is 0. The van der Waals surface area contributed by atoms with Gasteiger partial charge in [-0.15, -0.1) is 0 Å². The van der Waals surface area contributed by atoms with E-state index in [9.17, 15) is 4.79 Å². The summed E-state index contributed by atoms with van der Waals surface area (Å²) in [6, 6.07) is 4.41. The lowest BCUT2D eigenvalue weighted by atomic mass is 10.1. The van der Waals surface area contributed by atoms with Crippen molar-refractivity contribution in [2.45, 2.75) is 19.4 Å². The first kappa shape index (κ1) is 14.0. The van der Waals surface area contributed by atoms with E-state index in [0.29, 0.717) is 19.0 Å². The van der Waals surface area contributed by atoms with Crippen molar-refractivity contribution < 1.29 is 4.79 Å². The summed E-state index contributed by atoms with van der Waals surface area (Å²) in [4.78, 5) is 20.2. The molecule has 0 radical (unpaired) electrons. The SMILES string of the molecule is CC(c1cccnc1)N1CCN(C(=O)CCN)CC1. The van der Waals surface area contributed by atoms with E-state index in [1.807, 2.05) is 17.2 Å². The number of nitrogens with zero attached hydrogens (tertiary/aromatic N) is 3. The summed E-state index contributed by atoms with van der Waals surface area (Å²) < 4.78 is 0. The van der Waals surface area contributed by atoms with E-state index in [0.717, 1.165) is 26.2 Å². The van der Waals surface area contributed by atoms with Crippen LogP contribution in [0.3, 0.4) is 0 Å². The third kappa shape index (κ3) is 3.52. The van der Waals surface area contributed by atoms with Crippen molar-refractivity contribution in [1.29, 1.82) is 0 Å². The van der Waals surface area contributed by atoms with Crippen molar-refractivity contribution >= 4 is 5.91 Å². The van der Waals surface area contributed by atoms with Crippen molar-refractivity contribution in [2.75, 3.05) is 32.7 Å². The highest BCUT2D eigenvalue weighted by molar-refractivity contribution is 5.76. The molecule has 1 amide bonds. The number of nitrogens with two attached hydrogens (primary N) is 1. The Kier molecular flexibility index (Phi) is 4.87. The molecule has 1 saturated heterocycles. The van der Waals surface area contributed by atoms with Crippen LogP contribution in [0.1, 0.15) is 24.9 Å². The zero-order valence-electron chi connectivity index (χ0n) is 11.5. The van der Waals surface area contributed by atoms with Gasteiger partial charge in [-0.1, -0.05) is 6.07 Å². The van der Waals surface area contributed by atoms with Crippen LogP contribution in [0.4, 0.5) is 0 Å². The Morgan fingerprint density at radius 2 is 2.16 bits per heavy atom. The second-order valence-corrected chi connectivity index (χ2v) is 4.92. The van der Waals surface area contributed by atoms with Crippen LogP contribution in [0.2, 0.25) is 0 Å². The molecule has 0 bridgehead atoms. The molecular weight excluding hydrogens is 240 g/mol.